The SMILES string of the molecule is S=C(N/N=C(/C1=CC=CCN1)C1CCCCC1)N1CCCC1. The third kappa shape index (κ3) is 3.88. The zero-order valence-electron chi connectivity index (χ0n) is 13.2. The third-order valence-electron chi connectivity index (χ3n) is 4.74. The van der Waals surface area contributed by atoms with Crippen LogP contribution < -0.4 is 10.7 Å². The number of nitrogens with one attached hydrogen (secondary N) is 2. The van der Waals surface area contributed by atoms with E-state index < -0.39 is 0 Å². The fourth-order valence-corrected chi connectivity index (χ4v) is 3.71. The molecule has 2 N–H and O–H groups in total. The van der Waals surface area contributed by atoms with Gasteiger partial charge in [0.2, 0.25) is 0 Å². The molecule has 4 nitrogen and oxygen atoms in total. The van der Waals surface area contributed by atoms with Gasteiger partial charge >= 0.3 is 0 Å². The molecule has 0 unspecified atom stereocenters. The minimum Gasteiger partial charge on any atom is -0.380 e. The van der Waals surface area contributed by atoms with Gasteiger partial charge in [-0.15, -0.1) is 0 Å². The van der Waals surface area contributed by atoms with Gasteiger partial charge in [-0.05, 0) is 44.0 Å². The number of dihydropyridines is 1. The molecule has 3 aliphatic rings. The van der Waals surface area contributed by atoms with Crippen LogP contribution in [0.15, 0.2) is 29.0 Å². The minimum atomic E-state index is 0.549. The van der Waals surface area contributed by atoms with Crippen LogP contribution in [0.3, 0.4) is 0 Å². The van der Waals surface area contributed by atoms with E-state index in [1.54, 1.807) is 0 Å². The van der Waals surface area contributed by atoms with Crippen molar-refractivity contribution in [1.29, 1.82) is 0 Å². The maximum absolute atomic E-state index is 5.49. The van der Waals surface area contributed by atoms with E-state index in [2.05, 4.69) is 33.9 Å². The average Bonchev–Trinajstić information content (AvgIpc) is 3.11. The van der Waals surface area contributed by atoms with Crippen LogP contribution in [0.4, 0.5) is 0 Å². The number of thiocarbonyl (C=S) groups is 1. The van der Waals surface area contributed by atoms with Gasteiger partial charge in [0.15, 0.2) is 5.11 Å². The topological polar surface area (TPSA) is 39.7 Å². The predicted octanol–water partition coefficient (Wildman–Crippen LogP) is 2.94. The van der Waals surface area contributed by atoms with Gasteiger partial charge in [0.05, 0.1) is 11.4 Å². The number of likely N-dealkylation sites (tertiary alicyclic amines) is 1. The van der Waals surface area contributed by atoms with E-state index >= 15 is 0 Å². The largest absolute Gasteiger partial charge is 0.380 e. The Morgan fingerprint density at radius 2 is 1.95 bits per heavy atom. The maximum Gasteiger partial charge on any atom is 0.189 e. The van der Waals surface area contributed by atoms with Gasteiger partial charge in [0, 0.05) is 25.6 Å². The molecule has 1 saturated carbocycles. The molecule has 0 spiro atoms. The van der Waals surface area contributed by atoms with Crippen molar-refractivity contribution in [3.63, 3.8) is 0 Å². The first kappa shape index (κ1) is 15.5. The normalized spacial score (nSPS) is 23.2. The summed E-state index contributed by atoms with van der Waals surface area (Å²) in [5.74, 6) is 0.549. The summed E-state index contributed by atoms with van der Waals surface area (Å²) in [6, 6.07) is 0. The van der Waals surface area contributed by atoms with Crippen molar-refractivity contribution in [3.05, 3.63) is 23.9 Å². The van der Waals surface area contributed by atoms with Crippen LogP contribution in [0.25, 0.3) is 0 Å². The fourth-order valence-electron chi connectivity index (χ4n) is 3.48. The van der Waals surface area contributed by atoms with Crippen LogP contribution in [-0.4, -0.2) is 35.4 Å². The third-order valence-corrected chi connectivity index (χ3v) is 5.09. The predicted molar refractivity (Wildman–Crippen MR) is 95.8 cm³/mol. The van der Waals surface area contributed by atoms with Gasteiger partial charge in [0.25, 0.3) is 0 Å². The van der Waals surface area contributed by atoms with Crippen molar-refractivity contribution >= 4 is 23.0 Å². The second kappa shape index (κ2) is 7.77. The van der Waals surface area contributed by atoms with E-state index in [9.17, 15) is 0 Å². The van der Waals surface area contributed by atoms with Crippen molar-refractivity contribution in [2.45, 2.75) is 44.9 Å². The molecule has 3 rings (SSSR count). The average molecular weight is 318 g/mol. The van der Waals surface area contributed by atoms with Crippen LogP contribution >= 0.6 is 12.2 Å². The molecule has 120 valence electrons. The van der Waals surface area contributed by atoms with Gasteiger partial charge in [0.1, 0.15) is 0 Å². The first-order valence-corrected chi connectivity index (χ1v) is 8.99. The Morgan fingerprint density at radius 3 is 2.64 bits per heavy atom. The van der Waals surface area contributed by atoms with Crippen molar-refractivity contribution in [2.75, 3.05) is 19.6 Å². The highest BCUT2D eigenvalue weighted by Gasteiger charge is 2.23. The summed E-state index contributed by atoms with van der Waals surface area (Å²) in [6.45, 7) is 3.00. The van der Waals surface area contributed by atoms with Gasteiger partial charge in [-0.1, -0.05) is 31.4 Å². The quantitative estimate of drug-likeness (QED) is 0.477. The molecule has 0 amide bonds. The molecular weight excluding hydrogens is 292 g/mol. The number of hydrazone groups is 1. The molecule has 5 heteroatoms. The second-order valence-corrected chi connectivity index (χ2v) is 6.72. The molecule has 2 aliphatic heterocycles. The molecule has 1 saturated heterocycles. The fraction of sp³-hybridized carbons (Fsp3) is 0.647. The lowest BCUT2D eigenvalue weighted by Crippen LogP contribution is -2.37. The van der Waals surface area contributed by atoms with Crippen LogP contribution in [0, 0.1) is 5.92 Å². The highest BCUT2D eigenvalue weighted by atomic mass is 32.1. The molecule has 0 atom stereocenters. The van der Waals surface area contributed by atoms with E-state index in [0.29, 0.717) is 5.92 Å². The summed E-state index contributed by atoms with van der Waals surface area (Å²) >= 11 is 5.49. The van der Waals surface area contributed by atoms with Gasteiger partial charge in [-0.2, -0.15) is 5.10 Å². The molecule has 0 radical (unpaired) electrons. The highest BCUT2D eigenvalue weighted by Crippen LogP contribution is 2.27. The lowest BCUT2D eigenvalue weighted by Gasteiger charge is -2.26. The Labute approximate surface area is 138 Å². The summed E-state index contributed by atoms with van der Waals surface area (Å²) < 4.78 is 0. The molecule has 0 aromatic heterocycles. The van der Waals surface area contributed by atoms with Gasteiger partial charge in [-0.3, -0.25) is 5.43 Å². The Morgan fingerprint density at radius 1 is 1.18 bits per heavy atom. The van der Waals surface area contributed by atoms with Crippen molar-refractivity contribution in [2.24, 2.45) is 11.0 Å². The molecular formula is C17H26N4S. The molecule has 1 aliphatic carbocycles. The molecule has 22 heavy (non-hydrogen) atoms. The maximum atomic E-state index is 5.49. The van der Waals surface area contributed by atoms with Crippen LogP contribution in [0.2, 0.25) is 0 Å². The van der Waals surface area contributed by atoms with Gasteiger partial charge < -0.3 is 10.2 Å². The lowest BCUT2D eigenvalue weighted by molar-refractivity contribution is 0.436. The number of rotatable bonds is 3. The summed E-state index contributed by atoms with van der Waals surface area (Å²) in [5.41, 5.74) is 5.48. The van der Waals surface area contributed by atoms with Gasteiger partial charge in [-0.25, -0.2) is 0 Å². The number of hydrogen-bond acceptors (Lipinski definition) is 3. The number of nitrogens with zero attached hydrogens (tertiary/aromatic N) is 2. The smallest absolute Gasteiger partial charge is 0.189 e. The van der Waals surface area contributed by atoms with E-state index in [1.165, 1.54) is 44.9 Å². The van der Waals surface area contributed by atoms with E-state index in [1.807, 2.05) is 0 Å². The number of hydrogen-bond donors (Lipinski definition) is 2. The summed E-state index contributed by atoms with van der Waals surface area (Å²) in [4.78, 5) is 2.22. The standard InChI is InChI=1S/C17H26N4S/c22-17(21-12-6-7-13-21)20-19-16(14-8-2-1-3-9-14)15-10-4-5-11-18-15/h4-5,10,14,18H,1-3,6-9,11-13H2,(H,20,22)/b19-16+. The second-order valence-electron chi connectivity index (χ2n) is 6.33. The van der Waals surface area contributed by atoms with Crippen LogP contribution in [0.5, 0.6) is 0 Å². The Bertz CT molecular complexity index is 483. The molecule has 2 heterocycles. The molecule has 0 aromatic carbocycles. The Hall–Kier alpha value is -1.36. The van der Waals surface area contributed by atoms with Crippen molar-refractivity contribution in [1.82, 2.24) is 15.6 Å². The molecule has 0 bridgehead atoms. The Kier molecular flexibility index (Phi) is 5.48. The highest BCUT2D eigenvalue weighted by molar-refractivity contribution is 7.80. The van der Waals surface area contributed by atoms with Crippen LogP contribution in [-0.2, 0) is 0 Å². The lowest BCUT2D eigenvalue weighted by atomic mass is 9.84. The number of allylic oxidation sites excluding steroid dienone is 3. The minimum absolute atomic E-state index is 0.549. The first-order valence-electron chi connectivity index (χ1n) is 8.58. The van der Waals surface area contributed by atoms with Crippen molar-refractivity contribution in [3.8, 4) is 0 Å². The van der Waals surface area contributed by atoms with E-state index in [-0.39, 0.29) is 0 Å². The first-order chi connectivity index (χ1) is 10.8. The monoisotopic (exact) mass is 318 g/mol. The zero-order valence-corrected chi connectivity index (χ0v) is 14.0. The van der Waals surface area contributed by atoms with Crippen LogP contribution in [0.1, 0.15) is 44.9 Å². The van der Waals surface area contributed by atoms with E-state index in [0.717, 1.165) is 36.2 Å². The molecule has 2 fully saturated rings. The summed E-state index contributed by atoms with van der Waals surface area (Å²) in [5, 5.41) is 8.97. The molecule has 0 aromatic rings. The summed E-state index contributed by atoms with van der Waals surface area (Å²) in [6.07, 6.45) is 15.3. The summed E-state index contributed by atoms with van der Waals surface area (Å²) in [7, 11) is 0. The zero-order chi connectivity index (χ0) is 15.2. The Balaban J connectivity index is 1.71. The van der Waals surface area contributed by atoms with Crippen molar-refractivity contribution < 1.29 is 0 Å². The van der Waals surface area contributed by atoms with E-state index in [4.69, 9.17) is 17.3 Å².